The molecule has 20 nitrogen and oxygen atoms in total. The van der Waals surface area contributed by atoms with Crippen molar-refractivity contribution in [2.24, 2.45) is 59.2 Å². The predicted octanol–water partition coefficient (Wildman–Crippen LogP) is 15.3. The topological polar surface area (TPSA) is 207 Å². The fourth-order valence-electron chi connectivity index (χ4n) is 13.7. The molecule has 21 heteroatoms. The lowest BCUT2D eigenvalue weighted by molar-refractivity contribution is -0.117. The van der Waals surface area contributed by atoms with Gasteiger partial charge >= 0.3 is 0 Å². The van der Waals surface area contributed by atoms with Crippen LogP contribution in [0.5, 0.6) is 0 Å². The van der Waals surface area contributed by atoms with Crippen LogP contribution in [0.2, 0.25) is 0 Å². The maximum Gasteiger partial charge on any atom is 0.231 e. The number of carbonyl (C=O) groups is 9. The van der Waals surface area contributed by atoms with Gasteiger partial charge in [0.05, 0.1) is 48.0 Å². The minimum absolute atomic E-state index is 0. The molecule has 5 atom stereocenters. The number of rotatable bonds is 13. The van der Waals surface area contributed by atoms with Gasteiger partial charge in [0.25, 0.3) is 0 Å². The number of piperidine rings is 1. The zero-order valence-corrected chi connectivity index (χ0v) is 84.5. The summed E-state index contributed by atoms with van der Waals surface area (Å²) in [4.78, 5) is 119. The van der Waals surface area contributed by atoms with Crippen molar-refractivity contribution in [3.63, 3.8) is 0 Å². The molecule has 0 spiro atoms. The molecule has 5 unspecified atom stereocenters. The van der Waals surface area contributed by atoms with Crippen LogP contribution in [0.15, 0.2) is 0 Å². The van der Waals surface area contributed by atoms with E-state index in [1.54, 1.807) is 13.8 Å². The molecule has 0 radical (unpaired) electrons. The Morgan fingerprint density at radius 3 is 1.13 bits per heavy atom. The van der Waals surface area contributed by atoms with Crippen LogP contribution >= 0.6 is 0 Å². The average molecular weight is 1810 g/mol. The number of carbonyl (C=O) groups excluding carboxylic acids is 9. The van der Waals surface area contributed by atoms with Gasteiger partial charge in [0, 0.05) is 118 Å². The highest BCUT2D eigenvalue weighted by atomic mass is 19.1. The zero-order valence-electron chi connectivity index (χ0n) is 84.5. The molecule has 10 aliphatic rings. The van der Waals surface area contributed by atoms with E-state index in [0.29, 0.717) is 44.7 Å². The van der Waals surface area contributed by atoms with E-state index >= 15 is 0 Å². The smallest absolute Gasteiger partial charge is 0.231 e. The van der Waals surface area contributed by atoms with Crippen molar-refractivity contribution in [2.45, 2.75) is 343 Å². The SMILES string of the molecule is C.C.C.CC(C)C(=O)C#CC(C)(C)N1CCC(C)(F)C1.CC(C)C(=O)C#CC(C)(C)N1CCCC1.CC(C)C(=O)C#CC1(C)CCCN1C.CC(C)C(=O)C#CC1(C)OCCO1.CC(C)C(=O)C#CC1(N(C)C)CCC1.CC(C)C(=O)C#CC1(N(C)C)CN(C)C1.CC(C)C(=O)C#CC1CCC2CCCCN12.CC(C)C(=O)C#CC1CCO1.CC(C)C(=O)C#CC1CN(C)C1. The first-order chi connectivity index (χ1) is 58.9. The lowest BCUT2D eigenvalue weighted by Crippen LogP contribution is -2.66. The van der Waals surface area contributed by atoms with Gasteiger partial charge in [0.15, 0.2) is 0 Å². The van der Waals surface area contributed by atoms with Crippen LogP contribution in [0.1, 0.15) is 285 Å². The van der Waals surface area contributed by atoms with Crippen LogP contribution in [0, 0.1) is 166 Å². The summed E-state index contributed by atoms with van der Waals surface area (Å²) in [5.74, 6) is 51.3. The molecule has 9 heterocycles. The fourth-order valence-corrected chi connectivity index (χ4v) is 13.7. The van der Waals surface area contributed by atoms with Crippen molar-refractivity contribution in [3.05, 3.63) is 0 Å². The lowest BCUT2D eigenvalue weighted by Gasteiger charge is -2.49. The molecule has 1 aliphatic carbocycles. The molecular weight excluding hydrogens is 1630 g/mol. The van der Waals surface area contributed by atoms with E-state index in [2.05, 4.69) is 183 Å². The van der Waals surface area contributed by atoms with Crippen molar-refractivity contribution in [1.82, 2.24) is 39.2 Å². The standard InChI is InChI=1S/C14H22FNO.C14H21NO.C13H21NO.C12H20N2O.2C12H19NO.C10H15NO.C10H14O3.C9H12O2.3CH4/c1-11(2)12(17)6-7-13(3,4)16-9-8-14(5,15)10-16;1-11(2)14(16)9-8-13-7-6-12-5-3-4-10-15(12)13;1-11(2)12(15)7-8-13(3,4)14-9-5-6-10-14;1-10(2)11(15)6-7-12(13(3)4)8-14(5)9-12;1-10(2)11(14)6-8-12(3)7-5-9-13(12)4;1-10(2)11(14)6-9-12(13(3)4)7-5-8-12;1-8(2)10(12)5-4-9-6-11(3)7-9;1-8(2)9(11)4-5-10(3)12-6-7-13-10;1-7(2)9(10)4-3-8-5-6-11-8;;;/h11H,8-10H2,1-5H3;11-13H,3-7,10H2,1-2H3;11H,5-6,9-10H2,1-4H3;10H,8-9H2,1-5H3;10H,5,7,9H2,1-4H3;10H,5,7-8H2,1-4H3;8-9H,6-7H2,1-3H3;8H,6-7H2,1-3H3;7-8H,5-6H2,1-2H3;3*1H4. The maximum atomic E-state index is 13.8. The molecule has 9 saturated heterocycles. The van der Waals surface area contributed by atoms with Crippen LogP contribution in [0.25, 0.3) is 0 Å². The summed E-state index contributed by atoms with van der Waals surface area (Å²) in [7, 11) is 14.3. The number of nitrogens with zero attached hydrogens (tertiary/aromatic N) is 8. The number of Topliss-reactive ketones (excluding diaryl/α,β-unsaturated/α-hetero) is 9. The second-order valence-corrected chi connectivity index (χ2v) is 40.2. The Balaban J connectivity index is 0. The van der Waals surface area contributed by atoms with Crippen LogP contribution in [-0.2, 0) is 57.4 Å². The highest BCUT2D eigenvalue weighted by Crippen LogP contribution is 2.36. The maximum absolute atomic E-state index is 13.8. The number of likely N-dealkylation sites (tertiary alicyclic amines) is 5. The van der Waals surface area contributed by atoms with Crippen LogP contribution < -0.4 is 0 Å². The Morgan fingerprint density at radius 2 is 0.769 bits per heavy atom. The van der Waals surface area contributed by atoms with Gasteiger partial charge in [0.2, 0.25) is 57.8 Å². The third-order valence-electron chi connectivity index (χ3n) is 24.0. The average Bonchev–Trinajstić information content (AvgIpc) is 0.883. The first kappa shape index (κ1) is 125. The number of fused-ring (bicyclic) bond motifs is 1. The van der Waals surface area contributed by atoms with Crippen molar-refractivity contribution >= 4 is 52.0 Å². The number of alkyl halides is 1. The minimum atomic E-state index is -1.12. The van der Waals surface area contributed by atoms with Crippen LogP contribution in [0.4, 0.5) is 4.39 Å². The third kappa shape index (κ3) is 45.1. The molecule has 0 aromatic rings. The summed E-state index contributed by atoms with van der Waals surface area (Å²) in [5.41, 5.74) is -1.91. The Morgan fingerprint density at radius 1 is 0.385 bits per heavy atom. The molecule has 0 N–H and O–H groups in total. The van der Waals surface area contributed by atoms with E-state index < -0.39 is 17.0 Å². The molecule has 0 aromatic carbocycles. The highest BCUT2D eigenvalue weighted by Gasteiger charge is 2.43. The summed E-state index contributed by atoms with van der Waals surface area (Å²) in [6.07, 6.45) is 16.1. The monoisotopic (exact) mass is 1810 g/mol. The largest absolute Gasteiger partial charge is 0.365 e. The van der Waals surface area contributed by atoms with E-state index in [0.717, 1.165) is 90.6 Å². The summed E-state index contributed by atoms with van der Waals surface area (Å²) in [6.45, 7) is 58.5. The van der Waals surface area contributed by atoms with E-state index in [1.807, 2.05) is 172 Å². The quantitative estimate of drug-likeness (QED) is 0.124. The Labute approximate surface area is 791 Å². The number of halogens is 1. The molecule has 0 bridgehead atoms. The Kier molecular flexibility index (Phi) is 56.9. The van der Waals surface area contributed by atoms with Gasteiger partial charge in [-0.25, -0.2) is 4.39 Å². The zero-order chi connectivity index (χ0) is 96.8. The molecule has 9 aliphatic heterocycles. The summed E-state index contributed by atoms with van der Waals surface area (Å²) in [5, 5.41) is 0. The van der Waals surface area contributed by atoms with E-state index in [-0.39, 0.29) is 156 Å². The number of hydrogen-bond donors (Lipinski definition) is 0. The molecule has 130 heavy (non-hydrogen) atoms. The van der Waals surface area contributed by atoms with Gasteiger partial charge in [0.1, 0.15) is 17.3 Å². The first-order valence-electron chi connectivity index (χ1n) is 46.7. The van der Waals surface area contributed by atoms with Crippen molar-refractivity contribution in [2.75, 3.05) is 135 Å². The van der Waals surface area contributed by atoms with Crippen LogP contribution in [0.3, 0.4) is 0 Å². The van der Waals surface area contributed by atoms with Crippen molar-refractivity contribution < 1.29 is 61.8 Å². The Hall–Kier alpha value is -7.44. The Bertz CT molecular complexity index is 4200. The summed E-state index contributed by atoms with van der Waals surface area (Å²) < 4.78 is 29.2. The van der Waals surface area contributed by atoms with E-state index in [1.165, 1.54) is 57.9 Å². The number of ketones is 9. The molecular formula is C109H175FN8O12. The van der Waals surface area contributed by atoms with Crippen LogP contribution in [-0.4, -0.2) is 283 Å². The lowest BCUT2D eigenvalue weighted by atomic mass is 9.76. The van der Waals surface area contributed by atoms with Gasteiger partial charge in [-0.05, 0) is 253 Å². The van der Waals surface area contributed by atoms with E-state index in [4.69, 9.17) is 14.2 Å². The number of ether oxygens (including phenoxy) is 3. The number of hydrogen-bond acceptors (Lipinski definition) is 20. The minimum Gasteiger partial charge on any atom is -0.365 e. The molecule has 0 aromatic heterocycles. The molecule has 10 fully saturated rings. The highest BCUT2D eigenvalue weighted by molar-refractivity contribution is 6.00. The van der Waals surface area contributed by atoms with Crippen molar-refractivity contribution in [3.8, 4) is 107 Å². The molecule has 10 rings (SSSR count). The summed E-state index contributed by atoms with van der Waals surface area (Å²) in [6, 6.07) is 1.11. The van der Waals surface area contributed by atoms with E-state index in [9.17, 15) is 47.5 Å². The van der Waals surface area contributed by atoms with Gasteiger partial charge in [-0.15, -0.1) is 0 Å². The fraction of sp³-hybridized carbons (Fsp3) is 0.752. The van der Waals surface area contributed by atoms with Gasteiger partial charge in [-0.2, -0.15) is 0 Å². The first-order valence-corrected chi connectivity index (χ1v) is 46.7. The van der Waals surface area contributed by atoms with Gasteiger partial charge in [-0.1, -0.05) is 201 Å². The van der Waals surface area contributed by atoms with Crippen molar-refractivity contribution in [1.29, 1.82) is 0 Å². The second-order valence-electron chi connectivity index (χ2n) is 40.2. The third-order valence-corrected chi connectivity index (χ3v) is 24.0. The molecule has 0 amide bonds. The second kappa shape index (κ2) is 59.3. The molecule has 1 saturated carbocycles. The number of likely N-dealkylation sites (N-methyl/N-ethyl adjacent to an activating group) is 2. The molecule has 730 valence electrons. The summed E-state index contributed by atoms with van der Waals surface area (Å²) >= 11 is 0. The normalized spacial score (nSPS) is 21.8. The van der Waals surface area contributed by atoms with Gasteiger partial charge in [-0.3, -0.25) is 72.6 Å². The van der Waals surface area contributed by atoms with Gasteiger partial charge < -0.3 is 24.0 Å². The predicted molar refractivity (Wildman–Crippen MR) is 531 cm³/mol.